The molecule has 0 saturated heterocycles. The second kappa shape index (κ2) is 5.61. The van der Waals surface area contributed by atoms with E-state index in [4.69, 9.17) is 5.73 Å². The predicted molar refractivity (Wildman–Crippen MR) is 77.5 cm³/mol. The minimum absolute atomic E-state index is 0.0613. The van der Waals surface area contributed by atoms with Crippen molar-refractivity contribution in [1.82, 2.24) is 9.88 Å². The Morgan fingerprint density at radius 1 is 1.39 bits per heavy atom. The molecule has 1 aromatic heterocycles. The largest absolute Gasteiger partial charge is 0.324 e. The monoisotopic (exact) mass is 261 g/mol. The molecule has 1 unspecified atom stereocenters. The number of hydrogen-bond acceptors (Lipinski definition) is 4. The lowest BCUT2D eigenvalue weighted by Crippen LogP contribution is -2.09. The van der Waals surface area contributed by atoms with Crippen molar-refractivity contribution in [3.8, 4) is 10.6 Å². The fraction of sp³-hybridized carbons (Fsp3) is 0.357. The predicted octanol–water partition coefficient (Wildman–Crippen LogP) is 2.89. The van der Waals surface area contributed by atoms with E-state index in [2.05, 4.69) is 42.2 Å². The number of hydrogen-bond donors (Lipinski definition) is 1. The van der Waals surface area contributed by atoms with Crippen molar-refractivity contribution in [3.05, 3.63) is 40.9 Å². The number of nitrogens with zero attached hydrogens (tertiary/aromatic N) is 2. The number of aromatic nitrogens is 1. The van der Waals surface area contributed by atoms with Crippen molar-refractivity contribution in [2.75, 3.05) is 14.1 Å². The molecular weight excluding hydrogens is 242 g/mol. The van der Waals surface area contributed by atoms with Gasteiger partial charge in [0.25, 0.3) is 0 Å². The summed E-state index contributed by atoms with van der Waals surface area (Å²) >= 11 is 1.74. The van der Waals surface area contributed by atoms with Crippen LogP contribution in [0.2, 0.25) is 0 Å². The third-order valence-electron chi connectivity index (χ3n) is 2.68. The molecule has 0 radical (unpaired) electrons. The summed E-state index contributed by atoms with van der Waals surface area (Å²) in [6.07, 6.45) is 1.96. The van der Waals surface area contributed by atoms with Gasteiger partial charge in [0.1, 0.15) is 5.01 Å². The Morgan fingerprint density at radius 2 is 2.17 bits per heavy atom. The van der Waals surface area contributed by atoms with Crippen LogP contribution in [-0.2, 0) is 6.54 Å². The van der Waals surface area contributed by atoms with E-state index in [0.717, 1.165) is 22.7 Å². The van der Waals surface area contributed by atoms with Crippen LogP contribution >= 0.6 is 11.3 Å². The summed E-state index contributed by atoms with van der Waals surface area (Å²) in [5.41, 5.74) is 8.21. The first-order valence-electron chi connectivity index (χ1n) is 6.01. The molecule has 4 heteroatoms. The minimum Gasteiger partial charge on any atom is -0.324 e. The van der Waals surface area contributed by atoms with Crippen LogP contribution in [0.4, 0.5) is 0 Å². The summed E-state index contributed by atoms with van der Waals surface area (Å²) in [5.74, 6) is 0. The van der Waals surface area contributed by atoms with Gasteiger partial charge in [0.15, 0.2) is 0 Å². The van der Waals surface area contributed by atoms with Gasteiger partial charge in [-0.1, -0.05) is 18.2 Å². The fourth-order valence-electron chi connectivity index (χ4n) is 1.78. The van der Waals surface area contributed by atoms with Crippen LogP contribution in [-0.4, -0.2) is 24.0 Å². The van der Waals surface area contributed by atoms with E-state index in [-0.39, 0.29) is 6.04 Å². The van der Waals surface area contributed by atoms with Crippen LogP contribution in [0.25, 0.3) is 10.6 Å². The lowest BCUT2D eigenvalue weighted by Gasteiger charge is -2.07. The number of nitrogens with two attached hydrogens (primary N) is 1. The third kappa shape index (κ3) is 3.16. The number of thiazole rings is 1. The summed E-state index contributed by atoms with van der Waals surface area (Å²) in [6.45, 7) is 2.93. The first-order valence-corrected chi connectivity index (χ1v) is 6.83. The van der Waals surface area contributed by atoms with Crippen molar-refractivity contribution >= 4 is 11.3 Å². The van der Waals surface area contributed by atoms with Crippen LogP contribution in [0.5, 0.6) is 0 Å². The molecule has 2 aromatic rings. The standard InChI is InChI=1S/C14H19N3S/c1-10(15)11-5-4-6-12(7-11)14-16-8-13(18-14)9-17(2)3/h4-8,10H,9,15H2,1-3H3. The molecule has 1 aromatic carbocycles. The maximum absolute atomic E-state index is 5.91. The maximum atomic E-state index is 5.91. The molecule has 0 spiro atoms. The summed E-state index contributed by atoms with van der Waals surface area (Å²) < 4.78 is 0. The highest BCUT2D eigenvalue weighted by atomic mass is 32.1. The summed E-state index contributed by atoms with van der Waals surface area (Å²) in [6, 6.07) is 8.38. The van der Waals surface area contributed by atoms with Crippen LogP contribution in [0.1, 0.15) is 23.4 Å². The number of benzene rings is 1. The van der Waals surface area contributed by atoms with Crippen LogP contribution in [0.15, 0.2) is 30.5 Å². The van der Waals surface area contributed by atoms with Crippen molar-refractivity contribution < 1.29 is 0 Å². The SMILES string of the molecule is CC(N)c1cccc(-c2ncc(CN(C)C)s2)c1. The Kier molecular flexibility index (Phi) is 4.11. The zero-order valence-electron chi connectivity index (χ0n) is 11.1. The van der Waals surface area contributed by atoms with Gasteiger partial charge in [0.05, 0.1) is 0 Å². The van der Waals surface area contributed by atoms with Gasteiger partial charge in [-0.15, -0.1) is 11.3 Å². The highest BCUT2D eigenvalue weighted by Gasteiger charge is 2.07. The maximum Gasteiger partial charge on any atom is 0.123 e. The molecule has 0 saturated carbocycles. The highest BCUT2D eigenvalue weighted by Crippen LogP contribution is 2.27. The van der Waals surface area contributed by atoms with E-state index >= 15 is 0 Å². The Morgan fingerprint density at radius 3 is 2.83 bits per heavy atom. The molecule has 18 heavy (non-hydrogen) atoms. The van der Waals surface area contributed by atoms with E-state index in [9.17, 15) is 0 Å². The average molecular weight is 261 g/mol. The molecule has 0 fully saturated rings. The molecule has 0 aliphatic rings. The van der Waals surface area contributed by atoms with Crippen molar-refractivity contribution in [1.29, 1.82) is 0 Å². The van der Waals surface area contributed by atoms with Gasteiger partial charge < -0.3 is 10.6 Å². The highest BCUT2D eigenvalue weighted by molar-refractivity contribution is 7.15. The lowest BCUT2D eigenvalue weighted by atomic mass is 10.1. The van der Waals surface area contributed by atoms with E-state index in [1.54, 1.807) is 11.3 Å². The van der Waals surface area contributed by atoms with E-state index < -0.39 is 0 Å². The van der Waals surface area contributed by atoms with Crippen LogP contribution in [0, 0.1) is 0 Å². The second-order valence-electron chi connectivity index (χ2n) is 4.78. The smallest absolute Gasteiger partial charge is 0.123 e. The van der Waals surface area contributed by atoms with Crippen molar-refractivity contribution in [2.45, 2.75) is 19.5 Å². The summed E-state index contributed by atoms with van der Waals surface area (Å²) in [7, 11) is 4.13. The van der Waals surface area contributed by atoms with Gasteiger partial charge in [-0.3, -0.25) is 0 Å². The van der Waals surface area contributed by atoms with Gasteiger partial charge in [-0.05, 0) is 32.6 Å². The first kappa shape index (κ1) is 13.2. The van der Waals surface area contributed by atoms with Gasteiger partial charge in [0.2, 0.25) is 0 Å². The Hall–Kier alpha value is -1.23. The molecule has 1 heterocycles. The van der Waals surface area contributed by atoms with E-state index in [0.29, 0.717) is 0 Å². The normalized spacial score (nSPS) is 12.9. The van der Waals surface area contributed by atoms with Gasteiger partial charge >= 0.3 is 0 Å². The van der Waals surface area contributed by atoms with Gasteiger partial charge in [-0.2, -0.15) is 0 Å². The lowest BCUT2D eigenvalue weighted by molar-refractivity contribution is 0.406. The van der Waals surface area contributed by atoms with Crippen molar-refractivity contribution in [2.24, 2.45) is 5.73 Å². The Balaban J connectivity index is 2.25. The molecule has 96 valence electrons. The summed E-state index contributed by atoms with van der Waals surface area (Å²) in [5, 5.41) is 1.06. The molecule has 0 aliphatic heterocycles. The third-order valence-corrected chi connectivity index (χ3v) is 3.72. The fourth-order valence-corrected chi connectivity index (χ4v) is 2.81. The molecule has 0 aliphatic carbocycles. The van der Waals surface area contributed by atoms with Gasteiger partial charge in [-0.25, -0.2) is 4.98 Å². The number of rotatable bonds is 4. The van der Waals surface area contributed by atoms with Crippen molar-refractivity contribution in [3.63, 3.8) is 0 Å². The molecular formula is C14H19N3S. The van der Waals surface area contributed by atoms with Crippen LogP contribution < -0.4 is 5.73 Å². The molecule has 2 N–H and O–H groups in total. The minimum atomic E-state index is 0.0613. The van der Waals surface area contributed by atoms with Crippen LogP contribution in [0.3, 0.4) is 0 Å². The summed E-state index contributed by atoms with van der Waals surface area (Å²) in [4.78, 5) is 7.92. The van der Waals surface area contributed by atoms with Gasteiger partial charge in [0, 0.05) is 29.2 Å². The second-order valence-corrected chi connectivity index (χ2v) is 5.90. The zero-order chi connectivity index (χ0) is 13.1. The molecule has 1 atom stereocenters. The zero-order valence-corrected chi connectivity index (χ0v) is 11.9. The van der Waals surface area contributed by atoms with E-state index in [1.165, 1.54) is 4.88 Å². The first-order chi connectivity index (χ1) is 8.56. The molecule has 0 bridgehead atoms. The van der Waals surface area contributed by atoms with E-state index in [1.807, 2.05) is 19.2 Å². The average Bonchev–Trinajstić information content (AvgIpc) is 2.77. The topological polar surface area (TPSA) is 42.1 Å². The quantitative estimate of drug-likeness (QED) is 0.920. The Labute approximate surface area is 112 Å². The Bertz CT molecular complexity index is 517. The molecule has 2 rings (SSSR count). The molecule has 3 nitrogen and oxygen atoms in total. The molecule has 0 amide bonds.